The first-order valence-electron chi connectivity index (χ1n) is 13.0. The zero-order chi connectivity index (χ0) is 29.7. The van der Waals surface area contributed by atoms with Crippen LogP contribution in [0.4, 0.5) is 4.39 Å². The fraction of sp³-hybridized carbons (Fsp3) is 0.333. The normalized spacial score (nSPS) is 12.1. The second-order valence-corrected chi connectivity index (χ2v) is 10.5. The van der Waals surface area contributed by atoms with Crippen molar-refractivity contribution in [1.29, 1.82) is 0 Å². The smallest absolute Gasteiger partial charge is 0.247 e. The number of ether oxygens (including phenoxy) is 3. The minimum Gasteiger partial charge on any atom is -0.493 e. The molecule has 1 atom stereocenters. The Balaban J connectivity index is 1.86. The average Bonchev–Trinajstić information content (AvgIpc) is 3.34. The molecule has 0 saturated carbocycles. The number of amides is 2. The Morgan fingerprint density at radius 3 is 2.20 bits per heavy atom. The van der Waals surface area contributed by atoms with Crippen molar-refractivity contribution >= 4 is 22.8 Å². The SMILES string of the molecule is COc1cc([C@@H](C(=O)NC(C)(C)C)N(Cc2ccc(F)cc2)C(=O)Cn2nnc3ccccc32)cc(OC)c1OC. The summed E-state index contributed by atoms with van der Waals surface area (Å²) in [4.78, 5) is 29.6. The fourth-order valence-corrected chi connectivity index (χ4v) is 4.53. The maximum atomic E-state index is 14.1. The predicted molar refractivity (Wildman–Crippen MR) is 151 cm³/mol. The molecule has 41 heavy (non-hydrogen) atoms. The lowest BCUT2D eigenvalue weighted by atomic mass is 9.99. The van der Waals surface area contributed by atoms with Gasteiger partial charge in [0.2, 0.25) is 17.6 Å². The van der Waals surface area contributed by atoms with Crippen LogP contribution in [0.15, 0.2) is 60.7 Å². The van der Waals surface area contributed by atoms with E-state index in [1.54, 1.807) is 30.3 Å². The predicted octanol–water partition coefficient (Wildman–Crippen LogP) is 4.28. The van der Waals surface area contributed by atoms with E-state index in [1.165, 1.54) is 43.0 Å². The number of nitrogens with zero attached hydrogens (tertiary/aromatic N) is 4. The third-order valence-electron chi connectivity index (χ3n) is 6.35. The molecule has 0 aliphatic rings. The highest BCUT2D eigenvalue weighted by Gasteiger charge is 2.35. The van der Waals surface area contributed by atoms with Gasteiger partial charge in [0.25, 0.3) is 0 Å². The monoisotopic (exact) mass is 563 g/mol. The number of para-hydroxylation sites is 1. The second-order valence-electron chi connectivity index (χ2n) is 10.5. The zero-order valence-electron chi connectivity index (χ0n) is 24.0. The highest BCUT2D eigenvalue weighted by Crippen LogP contribution is 2.41. The van der Waals surface area contributed by atoms with Crippen LogP contribution in [0.1, 0.15) is 37.9 Å². The molecule has 11 heteroatoms. The molecule has 216 valence electrons. The Morgan fingerprint density at radius 2 is 1.61 bits per heavy atom. The summed E-state index contributed by atoms with van der Waals surface area (Å²) >= 11 is 0. The summed E-state index contributed by atoms with van der Waals surface area (Å²) in [5, 5.41) is 11.3. The third kappa shape index (κ3) is 6.74. The molecular formula is C30H34FN5O5. The largest absolute Gasteiger partial charge is 0.493 e. The van der Waals surface area contributed by atoms with Gasteiger partial charge in [-0.3, -0.25) is 9.59 Å². The number of methoxy groups -OCH3 is 3. The first kappa shape index (κ1) is 29.3. The van der Waals surface area contributed by atoms with Gasteiger partial charge in [0.15, 0.2) is 11.5 Å². The summed E-state index contributed by atoms with van der Waals surface area (Å²) in [6.07, 6.45) is 0. The van der Waals surface area contributed by atoms with E-state index in [-0.39, 0.29) is 13.1 Å². The molecule has 1 N–H and O–H groups in total. The van der Waals surface area contributed by atoms with E-state index in [4.69, 9.17) is 14.2 Å². The van der Waals surface area contributed by atoms with Gasteiger partial charge >= 0.3 is 0 Å². The highest BCUT2D eigenvalue weighted by atomic mass is 19.1. The lowest BCUT2D eigenvalue weighted by Crippen LogP contribution is -2.49. The Morgan fingerprint density at radius 1 is 0.976 bits per heavy atom. The van der Waals surface area contributed by atoms with Gasteiger partial charge in [0, 0.05) is 12.1 Å². The molecular weight excluding hydrogens is 529 g/mol. The molecule has 0 spiro atoms. The van der Waals surface area contributed by atoms with E-state index >= 15 is 0 Å². The van der Waals surface area contributed by atoms with E-state index in [0.717, 1.165) is 0 Å². The summed E-state index contributed by atoms with van der Waals surface area (Å²) in [6.45, 7) is 5.37. The highest BCUT2D eigenvalue weighted by molar-refractivity contribution is 5.90. The number of hydrogen-bond acceptors (Lipinski definition) is 7. The Bertz CT molecular complexity index is 1510. The van der Waals surface area contributed by atoms with E-state index in [0.29, 0.717) is 39.4 Å². The standard InChI is InChI=1S/C30H34FN5O5/c1-30(2,3)32-29(38)27(20-15-24(39-4)28(41-6)25(16-20)40-5)35(17-19-11-13-21(31)14-12-19)26(37)18-36-23-10-8-7-9-22(23)33-34-36/h7-16,27H,17-18H2,1-6H3,(H,32,38)/t27-/m0/s1. The van der Waals surface area contributed by atoms with Crippen molar-refractivity contribution in [2.24, 2.45) is 0 Å². The molecule has 1 aromatic heterocycles. The number of carbonyl (C=O) groups excluding carboxylic acids is 2. The van der Waals surface area contributed by atoms with Crippen molar-refractivity contribution in [3.8, 4) is 17.2 Å². The van der Waals surface area contributed by atoms with Gasteiger partial charge in [0.1, 0.15) is 23.9 Å². The molecule has 0 radical (unpaired) electrons. The fourth-order valence-electron chi connectivity index (χ4n) is 4.53. The molecule has 0 fully saturated rings. The number of rotatable bonds is 10. The lowest BCUT2D eigenvalue weighted by molar-refractivity contribution is -0.142. The lowest BCUT2D eigenvalue weighted by Gasteiger charge is -2.34. The van der Waals surface area contributed by atoms with Gasteiger partial charge in [-0.05, 0) is 68.3 Å². The quantitative estimate of drug-likeness (QED) is 0.307. The van der Waals surface area contributed by atoms with Crippen LogP contribution >= 0.6 is 0 Å². The maximum Gasteiger partial charge on any atom is 0.247 e. The maximum absolute atomic E-state index is 14.1. The number of carbonyl (C=O) groups is 2. The van der Waals surface area contributed by atoms with Crippen molar-refractivity contribution in [2.75, 3.05) is 21.3 Å². The van der Waals surface area contributed by atoms with Gasteiger partial charge in [-0.25, -0.2) is 9.07 Å². The average molecular weight is 564 g/mol. The molecule has 10 nitrogen and oxygen atoms in total. The van der Waals surface area contributed by atoms with Crippen molar-refractivity contribution in [2.45, 2.75) is 45.4 Å². The van der Waals surface area contributed by atoms with Crippen molar-refractivity contribution in [3.63, 3.8) is 0 Å². The van der Waals surface area contributed by atoms with Crippen LogP contribution in [0.3, 0.4) is 0 Å². The number of benzene rings is 3. The Labute approximate surface area is 238 Å². The number of aromatic nitrogens is 3. The van der Waals surface area contributed by atoms with E-state index in [9.17, 15) is 14.0 Å². The van der Waals surface area contributed by atoms with Gasteiger partial charge in [-0.1, -0.05) is 29.5 Å². The van der Waals surface area contributed by atoms with Crippen LogP contribution in [0.25, 0.3) is 11.0 Å². The molecule has 3 aromatic carbocycles. The van der Waals surface area contributed by atoms with Gasteiger partial charge in [-0.15, -0.1) is 5.10 Å². The first-order chi connectivity index (χ1) is 19.5. The summed E-state index contributed by atoms with van der Waals surface area (Å²) in [5.74, 6) is -0.246. The first-order valence-corrected chi connectivity index (χ1v) is 13.0. The summed E-state index contributed by atoms with van der Waals surface area (Å²) < 4.78 is 31.8. The molecule has 0 aliphatic carbocycles. The molecule has 0 saturated heterocycles. The zero-order valence-corrected chi connectivity index (χ0v) is 24.0. The van der Waals surface area contributed by atoms with Crippen molar-refractivity contribution in [1.82, 2.24) is 25.2 Å². The van der Waals surface area contributed by atoms with Crippen LogP contribution in [-0.4, -0.2) is 58.6 Å². The number of halogens is 1. The molecule has 0 unspecified atom stereocenters. The van der Waals surface area contributed by atoms with Gasteiger partial charge in [-0.2, -0.15) is 0 Å². The second kappa shape index (κ2) is 12.2. The minimum atomic E-state index is -1.13. The summed E-state index contributed by atoms with van der Waals surface area (Å²) in [7, 11) is 4.43. The Hall–Kier alpha value is -4.67. The van der Waals surface area contributed by atoms with Gasteiger partial charge < -0.3 is 24.4 Å². The summed E-state index contributed by atoms with van der Waals surface area (Å²) in [6, 6.07) is 15.2. The minimum absolute atomic E-state index is 0.00460. The van der Waals surface area contributed by atoms with Crippen LogP contribution in [0, 0.1) is 5.82 Å². The van der Waals surface area contributed by atoms with Crippen LogP contribution in [0.5, 0.6) is 17.2 Å². The molecule has 4 rings (SSSR count). The van der Waals surface area contributed by atoms with Crippen LogP contribution in [-0.2, 0) is 22.7 Å². The van der Waals surface area contributed by atoms with E-state index in [2.05, 4.69) is 15.6 Å². The number of nitrogens with one attached hydrogen (secondary N) is 1. The number of hydrogen-bond donors (Lipinski definition) is 1. The molecule has 4 aromatic rings. The van der Waals surface area contributed by atoms with Crippen LogP contribution in [0.2, 0.25) is 0 Å². The third-order valence-corrected chi connectivity index (χ3v) is 6.35. The van der Waals surface area contributed by atoms with Crippen molar-refractivity contribution < 1.29 is 28.2 Å². The number of fused-ring (bicyclic) bond motifs is 1. The van der Waals surface area contributed by atoms with E-state index < -0.39 is 29.2 Å². The topological polar surface area (TPSA) is 108 Å². The molecule has 0 bridgehead atoms. The van der Waals surface area contributed by atoms with Crippen molar-refractivity contribution in [3.05, 3.63) is 77.6 Å². The molecule has 1 heterocycles. The van der Waals surface area contributed by atoms with E-state index in [1.807, 2.05) is 39.0 Å². The summed E-state index contributed by atoms with van der Waals surface area (Å²) in [5.41, 5.74) is 1.76. The molecule has 0 aliphatic heterocycles. The van der Waals surface area contributed by atoms with Gasteiger partial charge in [0.05, 0.1) is 26.8 Å². The molecule has 2 amide bonds. The van der Waals surface area contributed by atoms with Crippen LogP contribution < -0.4 is 19.5 Å². The Kier molecular flexibility index (Phi) is 8.75.